The van der Waals surface area contributed by atoms with Crippen molar-refractivity contribution in [2.75, 3.05) is 13.7 Å². The van der Waals surface area contributed by atoms with Gasteiger partial charge in [0.1, 0.15) is 17.9 Å². The summed E-state index contributed by atoms with van der Waals surface area (Å²) in [7, 11) is 1.52. The average molecular weight is 318 g/mol. The number of carbonyl (C=O) groups is 1. The van der Waals surface area contributed by atoms with Crippen molar-refractivity contribution in [3.63, 3.8) is 0 Å². The van der Waals surface area contributed by atoms with E-state index in [-0.39, 0.29) is 13.2 Å². The summed E-state index contributed by atoms with van der Waals surface area (Å²) in [6, 6.07) is 6.40. The molecule has 0 spiro atoms. The molecule has 1 aromatic heterocycles. The molecule has 0 amide bonds. The third-order valence-corrected chi connectivity index (χ3v) is 3.20. The second-order valence-electron chi connectivity index (χ2n) is 4.82. The molecule has 0 saturated carbocycles. The lowest BCUT2D eigenvalue weighted by Crippen LogP contribution is -2.23. The smallest absolute Gasteiger partial charge is 0.336 e. The summed E-state index contributed by atoms with van der Waals surface area (Å²) in [5, 5.41) is 0.679. The van der Waals surface area contributed by atoms with Crippen LogP contribution in [-0.4, -0.2) is 25.8 Å². The van der Waals surface area contributed by atoms with Gasteiger partial charge in [0.05, 0.1) is 13.7 Å². The Morgan fingerprint density at radius 2 is 2.17 bits per heavy atom. The van der Waals surface area contributed by atoms with Gasteiger partial charge in [-0.15, -0.1) is 6.58 Å². The molecule has 0 saturated heterocycles. The predicted octanol–water partition coefficient (Wildman–Crippen LogP) is 2.44. The van der Waals surface area contributed by atoms with Gasteiger partial charge in [-0.1, -0.05) is 6.08 Å². The first-order chi connectivity index (χ1) is 11.0. The molecule has 0 aliphatic rings. The Bertz CT molecular complexity index is 761. The highest BCUT2D eigenvalue weighted by molar-refractivity contribution is 5.82. The predicted molar refractivity (Wildman–Crippen MR) is 84.4 cm³/mol. The molecule has 0 bridgehead atoms. The second kappa shape index (κ2) is 7.60. The van der Waals surface area contributed by atoms with Gasteiger partial charge in [0, 0.05) is 23.1 Å². The fourth-order valence-corrected chi connectivity index (χ4v) is 2.00. The molecule has 0 fully saturated rings. The average Bonchev–Trinajstić information content (AvgIpc) is 2.56. The Kier molecular flexibility index (Phi) is 5.54. The van der Waals surface area contributed by atoms with Crippen molar-refractivity contribution in [2.45, 2.75) is 19.6 Å². The molecule has 0 aliphatic carbocycles. The number of benzene rings is 1. The zero-order valence-corrected chi connectivity index (χ0v) is 13.0. The highest BCUT2D eigenvalue weighted by Crippen LogP contribution is 2.23. The summed E-state index contributed by atoms with van der Waals surface area (Å²) in [5.41, 5.74) is 0.412. The van der Waals surface area contributed by atoms with E-state index < -0.39 is 17.7 Å². The number of rotatable bonds is 7. The lowest BCUT2D eigenvalue weighted by Gasteiger charge is -2.12. The summed E-state index contributed by atoms with van der Waals surface area (Å²) in [4.78, 5) is 23.5. The van der Waals surface area contributed by atoms with Crippen molar-refractivity contribution in [3.05, 3.63) is 52.9 Å². The lowest BCUT2D eigenvalue weighted by atomic mass is 10.1. The molecule has 1 atom stereocenters. The van der Waals surface area contributed by atoms with Gasteiger partial charge in [0.25, 0.3) is 0 Å². The van der Waals surface area contributed by atoms with E-state index in [1.54, 1.807) is 31.2 Å². The van der Waals surface area contributed by atoms with E-state index in [2.05, 4.69) is 6.58 Å². The maximum Gasteiger partial charge on any atom is 0.336 e. The molecule has 6 heteroatoms. The Morgan fingerprint density at radius 3 is 2.87 bits per heavy atom. The van der Waals surface area contributed by atoms with Crippen molar-refractivity contribution in [2.24, 2.45) is 0 Å². The van der Waals surface area contributed by atoms with Gasteiger partial charge >= 0.3 is 11.6 Å². The molecule has 6 nitrogen and oxygen atoms in total. The highest BCUT2D eigenvalue weighted by atomic mass is 16.6. The topological polar surface area (TPSA) is 75.0 Å². The molecule has 2 aromatic rings. The monoisotopic (exact) mass is 318 g/mol. The number of carbonyl (C=O) groups excluding carboxylic acids is 1. The van der Waals surface area contributed by atoms with Gasteiger partial charge in [0.15, 0.2) is 6.10 Å². The van der Waals surface area contributed by atoms with Gasteiger partial charge < -0.3 is 18.6 Å². The summed E-state index contributed by atoms with van der Waals surface area (Å²) in [6.45, 7) is 5.31. The van der Waals surface area contributed by atoms with Gasteiger partial charge in [-0.2, -0.15) is 0 Å². The van der Waals surface area contributed by atoms with E-state index in [1.807, 2.05) is 0 Å². The number of ether oxygens (including phenoxy) is 3. The molecular weight excluding hydrogens is 300 g/mol. The van der Waals surface area contributed by atoms with E-state index in [0.29, 0.717) is 22.3 Å². The van der Waals surface area contributed by atoms with Crippen LogP contribution in [0.15, 0.2) is 46.1 Å². The third-order valence-electron chi connectivity index (χ3n) is 3.20. The first-order valence-electron chi connectivity index (χ1n) is 7.05. The zero-order valence-electron chi connectivity index (χ0n) is 13.0. The number of hydrogen-bond acceptors (Lipinski definition) is 6. The summed E-state index contributed by atoms with van der Waals surface area (Å²) in [6.07, 6.45) is 0.840. The molecular formula is C17H18O6. The summed E-state index contributed by atoms with van der Waals surface area (Å²) in [5.74, 6) is 0.0583. The minimum Gasteiger partial charge on any atom is -0.497 e. The number of fused-ring (bicyclic) bond motifs is 1. The molecule has 1 aromatic carbocycles. The maximum atomic E-state index is 11.8. The van der Waals surface area contributed by atoms with Crippen LogP contribution < -0.4 is 10.4 Å². The van der Waals surface area contributed by atoms with Crippen molar-refractivity contribution in [1.82, 2.24) is 0 Å². The summed E-state index contributed by atoms with van der Waals surface area (Å²) < 4.78 is 20.6. The van der Waals surface area contributed by atoms with Crippen LogP contribution in [0.5, 0.6) is 5.75 Å². The first kappa shape index (κ1) is 16.8. The number of hydrogen-bond donors (Lipinski definition) is 0. The largest absolute Gasteiger partial charge is 0.497 e. The van der Waals surface area contributed by atoms with Crippen LogP contribution in [0.3, 0.4) is 0 Å². The lowest BCUT2D eigenvalue weighted by molar-refractivity contribution is -0.156. The SMILES string of the molecule is C=CCOC(C)C(=O)OCc1cc(=O)oc2cc(OC)ccc12. The molecule has 2 rings (SSSR count). The minimum absolute atomic E-state index is 0.0466. The fourth-order valence-electron chi connectivity index (χ4n) is 2.00. The van der Waals surface area contributed by atoms with E-state index >= 15 is 0 Å². The number of esters is 1. The van der Waals surface area contributed by atoms with Gasteiger partial charge in [0.2, 0.25) is 0 Å². The van der Waals surface area contributed by atoms with Crippen molar-refractivity contribution in [3.8, 4) is 5.75 Å². The van der Waals surface area contributed by atoms with Gasteiger partial charge in [-0.3, -0.25) is 0 Å². The quantitative estimate of drug-likeness (QED) is 0.443. The Morgan fingerprint density at radius 1 is 1.39 bits per heavy atom. The van der Waals surface area contributed by atoms with Crippen LogP contribution >= 0.6 is 0 Å². The van der Waals surface area contributed by atoms with Crippen LogP contribution in [0.4, 0.5) is 0 Å². The zero-order chi connectivity index (χ0) is 16.8. The van der Waals surface area contributed by atoms with Gasteiger partial charge in [-0.05, 0) is 19.1 Å². The fraction of sp³-hybridized carbons (Fsp3) is 0.294. The van der Waals surface area contributed by atoms with Gasteiger partial charge in [-0.25, -0.2) is 9.59 Å². The summed E-state index contributed by atoms with van der Waals surface area (Å²) >= 11 is 0. The van der Waals surface area contributed by atoms with E-state index in [9.17, 15) is 9.59 Å². The van der Waals surface area contributed by atoms with E-state index in [0.717, 1.165) is 0 Å². The number of methoxy groups -OCH3 is 1. The maximum absolute atomic E-state index is 11.8. The molecule has 1 heterocycles. The molecule has 1 unspecified atom stereocenters. The molecule has 0 N–H and O–H groups in total. The standard InChI is InChI=1S/C17H18O6/c1-4-7-21-11(2)17(19)22-10-12-8-16(18)23-15-9-13(20-3)5-6-14(12)15/h4-6,8-9,11H,1,7,10H2,2-3H3. The minimum atomic E-state index is -0.709. The second-order valence-corrected chi connectivity index (χ2v) is 4.82. The van der Waals surface area contributed by atoms with Crippen molar-refractivity contribution in [1.29, 1.82) is 0 Å². The molecule has 0 aliphatic heterocycles. The molecule has 23 heavy (non-hydrogen) atoms. The van der Waals surface area contributed by atoms with Crippen LogP contribution in [0.1, 0.15) is 12.5 Å². The Balaban J connectivity index is 2.18. The first-order valence-corrected chi connectivity index (χ1v) is 7.05. The molecule has 0 radical (unpaired) electrons. The van der Waals surface area contributed by atoms with Crippen LogP contribution in [0.25, 0.3) is 11.0 Å². The van der Waals surface area contributed by atoms with Crippen LogP contribution in [-0.2, 0) is 20.9 Å². The molecule has 122 valence electrons. The Labute approximate surface area is 133 Å². The third kappa shape index (κ3) is 4.20. The normalized spacial score (nSPS) is 11.9. The van der Waals surface area contributed by atoms with Crippen molar-refractivity contribution >= 4 is 16.9 Å². The Hall–Kier alpha value is -2.60. The van der Waals surface area contributed by atoms with Crippen LogP contribution in [0, 0.1) is 0 Å². The highest BCUT2D eigenvalue weighted by Gasteiger charge is 2.16. The van der Waals surface area contributed by atoms with E-state index in [1.165, 1.54) is 13.2 Å². The van der Waals surface area contributed by atoms with Crippen LogP contribution in [0.2, 0.25) is 0 Å². The van der Waals surface area contributed by atoms with Crippen molar-refractivity contribution < 1.29 is 23.4 Å². The van der Waals surface area contributed by atoms with E-state index in [4.69, 9.17) is 18.6 Å².